The third-order valence-electron chi connectivity index (χ3n) is 2.07. The number of phenolic OH excluding ortho intramolecular Hbond substituents is 3. The van der Waals surface area contributed by atoms with Crippen LogP contribution in [0.1, 0.15) is 34.6 Å². The number of halogens is 1. The molecule has 0 heterocycles. The number of aromatic hydroxyl groups is 3. The van der Waals surface area contributed by atoms with E-state index in [1.165, 1.54) is 0 Å². The molecule has 0 aromatic heterocycles. The Hall–Kier alpha value is -1.56. The maximum absolute atomic E-state index is 11.2. The Morgan fingerprint density at radius 2 is 1.19 bits per heavy atom. The molecule has 0 amide bonds. The van der Waals surface area contributed by atoms with Crippen LogP contribution < -0.4 is 0 Å². The third-order valence-corrected chi connectivity index (χ3v) is 2.82. The molecular weight excluding hydrogens is 280 g/mol. The minimum Gasteiger partial charge on any atom is -0.506 e. The van der Waals surface area contributed by atoms with Crippen LogP contribution in [0.2, 0.25) is 0 Å². The molecule has 0 aliphatic heterocycles. The summed E-state index contributed by atoms with van der Waals surface area (Å²) in [4.78, 5) is 22.4. The van der Waals surface area contributed by atoms with E-state index in [0.717, 1.165) is 13.8 Å². The lowest BCUT2D eigenvalue weighted by molar-refractivity contribution is 0.101. The molecule has 0 spiro atoms. The van der Waals surface area contributed by atoms with Crippen LogP contribution in [0.5, 0.6) is 17.2 Å². The number of phenols is 3. The van der Waals surface area contributed by atoms with E-state index in [1.807, 2.05) is 0 Å². The number of hydrogen-bond donors (Lipinski definition) is 3. The molecule has 0 atom stereocenters. The summed E-state index contributed by atoms with van der Waals surface area (Å²) in [5.41, 5.74) is -0.787. The van der Waals surface area contributed by atoms with Crippen molar-refractivity contribution in [2.24, 2.45) is 0 Å². The number of Topliss-reactive ketones (excluding diaryl/α,β-unsaturated/α-hetero) is 2. The summed E-state index contributed by atoms with van der Waals surface area (Å²) in [6, 6.07) is 0. The van der Waals surface area contributed by atoms with Crippen LogP contribution in [0.4, 0.5) is 0 Å². The molecular formula is C10H9BrO5. The highest BCUT2D eigenvalue weighted by molar-refractivity contribution is 9.10. The first-order chi connectivity index (χ1) is 7.29. The van der Waals surface area contributed by atoms with E-state index in [1.54, 1.807) is 0 Å². The molecule has 5 nitrogen and oxygen atoms in total. The molecule has 0 aliphatic carbocycles. The summed E-state index contributed by atoms with van der Waals surface area (Å²) < 4.78 is -0.194. The lowest BCUT2D eigenvalue weighted by Gasteiger charge is -2.12. The second-order valence-electron chi connectivity index (χ2n) is 3.22. The highest BCUT2D eigenvalue weighted by atomic mass is 79.9. The van der Waals surface area contributed by atoms with Gasteiger partial charge in [0.05, 0.1) is 0 Å². The number of carbonyl (C=O) groups excluding carboxylic acids is 2. The highest BCUT2D eigenvalue weighted by Gasteiger charge is 2.26. The number of rotatable bonds is 2. The fraction of sp³-hybridized carbons (Fsp3) is 0.200. The molecule has 1 aromatic carbocycles. The summed E-state index contributed by atoms with van der Waals surface area (Å²) in [6.45, 7) is 2.25. The summed E-state index contributed by atoms with van der Waals surface area (Å²) >= 11 is 2.84. The van der Waals surface area contributed by atoms with Gasteiger partial charge in [0.1, 0.15) is 32.8 Å². The van der Waals surface area contributed by atoms with Crippen LogP contribution in [0, 0.1) is 0 Å². The smallest absolute Gasteiger partial charge is 0.167 e. The molecule has 0 radical (unpaired) electrons. The Morgan fingerprint density at radius 1 is 0.875 bits per heavy atom. The van der Waals surface area contributed by atoms with Crippen molar-refractivity contribution in [2.75, 3.05) is 0 Å². The largest absolute Gasteiger partial charge is 0.506 e. The molecule has 0 fully saturated rings. The van der Waals surface area contributed by atoms with Gasteiger partial charge in [0, 0.05) is 0 Å². The number of carbonyl (C=O) groups is 2. The van der Waals surface area contributed by atoms with Gasteiger partial charge in [-0.1, -0.05) is 0 Å². The van der Waals surface area contributed by atoms with Gasteiger partial charge in [-0.2, -0.15) is 0 Å². The number of hydrogen-bond acceptors (Lipinski definition) is 5. The SMILES string of the molecule is CC(=O)c1c(O)c(Br)c(O)c(C(C)=O)c1O. The van der Waals surface area contributed by atoms with E-state index >= 15 is 0 Å². The zero-order valence-corrected chi connectivity index (χ0v) is 10.1. The minimum atomic E-state index is -0.710. The van der Waals surface area contributed by atoms with Crippen LogP contribution >= 0.6 is 15.9 Å². The lowest BCUT2D eigenvalue weighted by atomic mass is 10.0. The predicted molar refractivity (Wildman–Crippen MR) is 59.1 cm³/mol. The van der Waals surface area contributed by atoms with Crippen molar-refractivity contribution in [3.8, 4) is 17.2 Å². The van der Waals surface area contributed by atoms with Crippen LogP contribution in [-0.2, 0) is 0 Å². The average molecular weight is 289 g/mol. The number of benzene rings is 1. The van der Waals surface area contributed by atoms with E-state index in [-0.39, 0.29) is 4.47 Å². The van der Waals surface area contributed by atoms with Crippen molar-refractivity contribution in [1.82, 2.24) is 0 Å². The fourth-order valence-electron chi connectivity index (χ4n) is 1.35. The molecule has 6 heteroatoms. The van der Waals surface area contributed by atoms with Crippen LogP contribution in [0.3, 0.4) is 0 Å². The topological polar surface area (TPSA) is 94.8 Å². The first kappa shape index (κ1) is 12.5. The lowest BCUT2D eigenvalue weighted by Crippen LogP contribution is -2.02. The van der Waals surface area contributed by atoms with Crippen LogP contribution in [0.25, 0.3) is 0 Å². The Labute approximate surface area is 99.5 Å². The monoisotopic (exact) mass is 288 g/mol. The molecule has 16 heavy (non-hydrogen) atoms. The Balaban J connectivity index is 3.80. The quantitative estimate of drug-likeness (QED) is 0.723. The first-order valence-electron chi connectivity index (χ1n) is 4.27. The first-order valence-corrected chi connectivity index (χ1v) is 5.06. The van der Waals surface area contributed by atoms with Gasteiger partial charge in [0.25, 0.3) is 0 Å². The van der Waals surface area contributed by atoms with Crippen molar-refractivity contribution in [2.45, 2.75) is 13.8 Å². The van der Waals surface area contributed by atoms with Gasteiger partial charge in [-0.25, -0.2) is 0 Å². The maximum Gasteiger partial charge on any atom is 0.167 e. The summed E-state index contributed by atoms with van der Waals surface area (Å²) in [6.07, 6.45) is 0. The normalized spacial score (nSPS) is 10.2. The van der Waals surface area contributed by atoms with Gasteiger partial charge < -0.3 is 15.3 Å². The number of ketones is 2. The highest BCUT2D eigenvalue weighted by Crippen LogP contribution is 2.45. The summed E-state index contributed by atoms with van der Waals surface area (Å²) in [7, 11) is 0. The Bertz CT molecular complexity index is 451. The van der Waals surface area contributed by atoms with E-state index in [4.69, 9.17) is 0 Å². The molecule has 1 aromatic rings. The van der Waals surface area contributed by atoms with Crippen molar-refractivity contribution >= 4 is 27.5 Å². The third kappa shape index (κ3) is 1.76. The van der Waals surface area contributed by atoms with Crippen molar-refractivity contribution in [3.63, 3.8) is 0 Å². The maximum atomic E-state index is 11.2. The van der Waals surface area contributed by atoms with Gasteiger partial charge >= 0.3 is 0 Å². The molecule has 0 saturated carbocycles. The standard InChI is InChI=1S/C10H9BrO5/c1-3(12)5-8(14)6(4(2)13)10(16)7(11)9(5)15/h14-16H,1-2H3. The Morgan fingerprint density at radius 3 is 1.44 bits per heavy atom. The van der Waals surface area contributed by atoms with Crippen molar-refractivity contribution < 1.29 is 24.9 Å². The van der Waals surface area contributed by atoms with Gasteiger partial charge in [0.15, 0.2) is 11.6 Å². The zero-order chi connectivity index (χ0) is 12.6. The molecule has 0 aliphatic rings. The minimum absolute atomic E-state index is 0.194. The molecule has 1 rings (SSSR count). The van der Waals surface area contributed by atoms with Crippen LogP contribution in [0.15, 0.2) is 4.47 Å². The van der Waals surface area contributed by atoms with Gasteiger partial charge in [0.2, 0.25) is 0 Å². The second-order valence-corrected chi connectivity index (χ2v) is 4.02. The average Bonchev–Trinajstić information content (AvgIpc) is 2.13. The Kier molecular flexibility index (Phi) is 3.23. The van der Waals surface area contributed by atoms with E-state index in [9.17, 15) is 24.9 Å². The van der Waals surface area contributed by atoms with Crippen LogP contribution in [-0.4, -0.2) is 26.9 Å². The predicted octanol–water partition coefficient (Wildman–Crippen LogP) is 1.97. The molecule has 0 saturated heterocycles. The van der Waals surface area contributed by atoms with E-state index in [2.05, 4.69) is 15.9 Å². The van der Waals surface area contributed by atoms with Gasteiger partial charge in [-0.05, 0) is 29.8 Å². The van der Waals surface area contributed by atoms with Gasteiger partial charge in [-0.3, -0.25) is 9.59 Å². The van der Waals surface area contributed by atoms with Crippen molar-refractivity contribution in [1.29, 1.82) is 0 Å². The zero-order valence-electron chi connectivity index (χ0n) is 8.54. The fourth-order valence-corrected chi connectivity index (χ4v) is 1.74. The molecule has 0 bridgehead atoms. The molecule has 3 N–H and O–H groups in total. The van der Waals surface area contributed by atoms with E-state index < -0.39 is 39.9 Å². The van der Waals surface area contributed by atoms with Crippen molar-refractivity contribution in [3.05, 3.63) is 15.6 Å². The summed E-state index contributed by atoms with van der Waals surface area (Å²) in [5, 5.41) is 28.7. The second kappa shape index (κ2) is 4.13. The molecule has 0 unspecified atom stereocenters. The van der Waals surface area contributed by atoms with Gasteiger partial charge in [-0.15, -0.1) is 0 Å². The molecule has 86 valence electrons. The summed E-state index contributed by atoms with van der Waals surface area (Å²) in [5.74, 6) is -3.12. The van der Waals surface area contributed by atoms with E-state index in [0.29, 0.717) is 0 Å².